The normalized spacial score (nSPS) is 35.6. The standard InChI is InChI=1S/C18H28N2O2/c21-17(19-11-13-5-7-15(19)9-13)3-1-2-4-18(22)20-12-14-6-8-16(20)10-14/h13-16H,1-12H2/t13-,14-,15-,16-/m1/s1. The van der Waals surface area contributed by atoms with E-state index in [1.807, 2.05) is 0 Å². The summed E-state index contributed by atoms with van der Waals surface area (Å²) in [7, 11) is 0. The highest BCUT2D eigenvalue weighted by atomic mass is 16.2. The third-order valence-corrected chi connectivity index (χ3v) is 6.49. The Kier molecular flexibility index (Phi) is 3.87. The number of rotatable bonds is 5. The van der Waals surface area contributed by atoms with E-state index in [2.05, 4.69) is 9.80 Å². The summed E-state index contributed by atoms with van der Waals surface area (Å²) in [6.07, 6.45) is 10.6. The molecule has 4 heteroatoms. The lowest BCUT2D eigenvalue weighted by atomic mass is 10.1. The summed E-state index contributed by atoms with van der Waals surface area (Å²) >= 11 is 0. The minimum absolute atomic E-state index is 0.333. The lowest BCUT2D eigenvalue weighted by Gasteiger charge is -2.28. The van der Waals surface area contributed by atoms with Crippen molar-refractivity contribution in [1.82, 2.24) is 9.80 Å². The average Bonchev–Trinajstić information content (AvgIpc) is 3.30. The number of hydrogen-bond acceptors (Lipinski definition) is 2. The Bertz CT molecular complexity index is 422. The molecule has 2 saturated heterocycles. The van der Waals surface area contributed by atoms with Gasteiger partial charge in [0.2, 0.25) is 11.8 Å². The van der Waals surface area contributed by atoms with Crippen LogP contribution in [0.1, 0.15) is 64.2 Å². The van der Waals surface area contributed by atoms with Gasteiger partial charge in [-0.1, -0.05) is 0 Å². The molecule has 4 rings (SSSR count). The van der Waals surface area contributed by atoms with Crippen LogP contribution >= 0.6 is 0 Å². The Morgan fingerprint density at radius 3 is 1.50 bits per heavy atom. The van der Waals surface area contributed by atoms with Gasteiger partial charge in [0.1, 0.15) is 0 Å². The van der Waals surface area contributed by atoms with Crippen molar-refractivity contribution in [2.45, 2.75) is 76.3 Å². The number of fused-ring (bicyclic) bond motifs is 4. The smallest absolute Gasteiger partial charge is 0.222 e. The van der Waals surface area contributed by atoms with Crippen molar-refractivity contribution in [3.63, 3.8) is 0 Å². The first-order valence-electron chi connectivity index (χ1n) is 9.29. The van der Waals surface area contributed by atoms with Crippen molar-refractivity contribution in [3.8, 4) is 0 Å². The third kappa shape index (κ3) is 2.65. The van der Waals surface area contributed by atoms with E-state index < -0.39 is 0 Å². The summed E-state index contributed by atoms with van der Waals surface area (Å²) in [6, 6.07) is 1.08. The maximum Gasteiger partial charge on any atom is 0.222 e. The lowest BCUT2D eigenvalue weighted by molar-refractivity contribution is -0.134. The number of amides is 2. The van der Waals surface area contributed by atoms with Gasteiger partial charge in [-0.2, -0.15) is 0 Å². The Morgan fingerprint density at radius 2 is 1.18 bits per heavy atom. The second-order valence-corrected chi connectivity index (χ2v) is 7.97. The van der Waals surface area contributed by atoms with Crippen molar-refractivity contribution >= 4 is 11.8 Å². The predicted octanol–water partition coefficient (Wildman–Crippen LogP) is 2.57. The summed E-state index contributed by atoms with van der Waals surface area (Å²) in [6.45, 7) is 2.00. The summed E-state index contributed by atoms with van der Waals surface area (Å²) in [5.74, 6) is 2.22. The van der Waals surface area contributed by atoms with Gasteiger partial charge in [0.15, 0.2) is 0 Å². The zero-order valence-corrected chi connectivity index (χ0v) is 13.5. The molecule has 2 aliphatic carbocycles. The fraction of sp³-hybridized carbons (Fsp3) is 0.889. The number of likely N-dealkylation sites (tertiary alicyclic amines) is 2. The molecule has 4 fully saturated rings. The highest BCUT2D eigenvalue weighted by Crippen LogP contribution is 2.38. The third-order valence-electron chi connectivity index (χ3n) is 6.49. The molecule has 0 aromatic rings. The Morgan fingerprint density at radius 1 is 0.727 bits per heavy atom. The molecular formula is C18H28N2O2. The Hall–Kier alpha value is -1.06. The van der Waals surface area contributed by atoms with Gasteiger partial charge >= 0.3 is 0 Å². The van der Waals surface area contributed by atoms with E-state index in [0.29, 0.717) is 36.7 Å². The van der Waals surface area contributed by atoms with Gasteiger partial charge in [0.05, 0.1) is 0 Å². The van der Waals surface area contributed by atoms with Crippen molar-refractivity contribution in [3.05, 3.63) is 0 Å². The van der Waals surface area contributed by atoms with Crippen LogP contribution in [0.15, 0.2) is 0 Å². The van der Waals surface area contributed by atoms with Gasteiger partial charge in [0, 0.05) is 38.0 Å². The average molecular weight is 304 g/mol. The van der Waals surface area contributed by atoms with E-state index in [9.17, 15) is 9.59 Å². The number of piperidine rings is 2. The van der Waals surface area contributed by atoms with Gasteiger partial charge in [0.25, 0.3) is 0 Å². The number of unbranched alkanes of at least 4 members (excludes halogenated alkanes) is 1. The molecule has 0 N–H and O–H groups in total. The molecule has 2 saturated carbocycles. The summed E-state index contributed by atoms with van der Waals surface area (Å²) in [4.78, 5) is 28.8. The summed E-state index contributed by atoms with van der Waals surface area (Å²) in [5, 5.41) is 0. The molecular weight excluding hydrogens is 276 g/mol. The van der Waals surface area contributed by atoms with E-state index in [4.69, 9.17) is 0 Å². The van der Waals surface area contributed by atoms with E-state index in [0.717, 1.165) is 37.8 Å². The first-order valence-corrected chi connectivity index (χ1v) is 9.29. The molecule has 0 aromatic heterocycles. The quantitative estimate of drug-likeness (QED) is 0.732. The van der Waals surface area contributed by atoms with E-state index in [1.165, 1.54) is 38.5 Å². The fourth-order valence-electron chi connectivity index (χ4n) is 5.30. The van der Waals surface area contributed by atoms with Crippen molar-refractivity contribution in [1.29, 1.82) is 0 Å². The van der Waals surface area contributed by atoms with Gasteiger partial charge in [-0.05, 0) is 63.2 Å². The van der Waals surface area contributed by atoms with Crippen LogP contribution in [-0.2, 0) is 9.59 Å². The first-order chi connectivity index (χ1) is 10.7. The monoisotopic (exact) mass is 304 g/mol. The zero-order valence-electron chi connectivity index (χ0n) is 13.5. The topological polar surface area (TPSA) is 40.6 Å². The van der Waals surface area contributed by atoms with Crippen LogP contribution in [0, 0.1) is 11.8 Å². The molecule has 0 unspecified atom stereocenters. The summed E-state index contributed by atoms with van der Waals surface area (Å²) < 4.78 is 0. The molecule has 0 radical (unpaired) electrons. The second-order valence-electron chi connectivity index (χ2n) is 7.97. The highest BCUT2D eigenvalue weighted by Gasteiger charge is 2.40. The molecule has 4 bridgehead atoms. The van der Waals surface area contributed by atoms with Crippen molar-refractivity contribution in [2.75, 3.05) is 13.1 Å². The largest absolute Gasteiger partial charge is 0.339 e. The molecule has 2 heterocycles. The molecule has 4 aliphatic rings. The number of nitrogens with zero attached hydrogens (tertiary/aromatic N) is 2. The molecule has 0 aromatic carbocycles. The molecule has 22 heavy (non-hydrogen) atoms. The fourth-order valence-corrected chi connectivity index (χ4v) is 5.30. The molecule has 2 amide bonds. The SMILES string of the molecule is O=C(CCCCC(=O)N1C[C@@H]2CC[C@@H]1C2)N1C[C@@H]2CC[C@@H]1C2. The van der Waals surface area contributed by atoms with Crippen LogP contribution in [0.4, 0.5) is 0 Å². The van der Waals surface area contributed by atoms with Crippen molar-refractivity contribution in [2.24, 2.45) is 11.8 Å². The van der Waals surface area contributed by atoms with E-state index in [1.54, 1.807) is 0 Å². The van der Waals surface area contributed by atoms with Gasteiger partial charge in [-0.3, -0.25) is 9.59 Å². The second kappa shape index (κ2) is 5.86. The molecule has 122 valence electrons. The van der Waals surface area contributed by atoms with Crippen LogP contribution in [0.25, 0.3) is 0 Å². The zero-order chi connectivity index (χ0) is 15.1. The Labute approximate surface area is 133 Å². The predicted molar refractivity (Wildman–Crippen MR) is 84.2 cm³/mol. The molecule has 4 nitrogen and oxygen atoms in total. The van der Waals surface area contributed by atoms with E-state index >= 15 is 0 Å². The number of hydrogen-bond donors (Lipinski definition) is 0. The number of carbonyl (C=O) groups excluding carboxylic acids is 2. The molecule has 4 atom stereocenters. The van der Waals surface area contributed by atoms with Crippen LogP contribution in [-0.4, -0.2) is 46.8 Å². The van der Waals surface area contributed by atoms with Crippen LogP contribution in [0.5, 0.6) is 0 Å². The highest BCUT2D eigenvalue weighted by molar-refractivity contribution is 5.78. The lowest BCUT2D eigenvalue weighted by Crippen LogP contribution is -2.38. The van der Waals surface area contributed by atoms with E-state index in [-0.39, 0.29) is 0 Å². The summed E-state index contributed by atoms with van der Waals surface area (Å²) in [5.41, 5.74) is 0. The molecule has 2 aliphatic heterocycles. The van der Waals surface area contributed by atoms with Gasteiger partial charge in [-0.15, -0.1) is 0 Å². The van der Waals surface area contributed by atoms with Crippen LogP contribution < -0.4 is 0 Å². The number of carbonyl (C=O) groups is 2. The minimum atomic E-state index is 0.333. The maximum absolute atomic E-state index is 12.3. The van der Waals surface area contributed by atoms with Gasteiger partial charge < -0.3 is 9.80 Å². The van der Waals surface area contributed by atoms with Crippen LogP contribution in [0.2, 0.25) is 0 Å². The Balaban J connectivity index is 1.15. The van der Waals surface area contributed by atoms with Crippen molar-refractivity contribution < 1.29 is 9.59 Å². The minimum Gasteiger partial charge on any atom is -0.339 e. The van der Waals surface area contributed by atoms with Crippen LogP contribution in [0.3, 0.4) is 0 Å². The molecule has 0 spiro atoms. The van der Waals surface area contributed by atoms with Gasteiger partial charge in [-0.25, -0.2) is 0 Å². The maximum atomic E-state index is 12.3. The first kappa shape index (κ1) is 14.5.